The van der Waals surface area contributed by atoms with E-state index in [0.717, 1.165) is 55.3 Å². The molecule has 0 bridgehead atoms. The van der Waals surface area contributed by atoms with Crippen LogP contribution in [0, 0.1) is 11.8 Å². The summed E-state index contributed by atoms with van der Waals surface area (Å²) < 4.78 is 16.3. The molecule has 3 aliphatic rings. The number of aliphatic hydroxyl groups excluding tert-OH is 1. The molecule has 1 N–H and O–H groups in total. The van der Waals surface area contributed by atoms with Crippen molar-refractivity contribution in [3.05, 3.63) is 17.7 Å². The highest BCUT2D eigenvalue weighted by Gasteiger charge is 2.40. The van der Waals surface area contributed by atoms with Gasteiger partial charge in [0.2, 0.25) is 6.79 Å². The molecule has 21 heavy (non-hydrogen) atoms. The maximum Gasteiger partial charge on any atom is 0.231 e. The molecule has 5 nitrogen and oxygen atoms in total. The largest absolute Gasteiger partial charge is 0.496 e. The van der Waals surface area contributed by atoms with E-state index < -0.39 is 0 Å². The SMILES string of the molecule is COc1cc2c(cc1CN1C[C@H]3CC(O)C[C@H]3C1)OCO2. The maximum absolute atomic E-state index is 9.73. The summed E-state index contributed by atoms with van der Waals surface area (Å²) in [6.07, 6.45) is 1.83. The van der Waals surface area contributed by atoms with Crippen LogP contribution >= 0.6 is 0 Å². The van der Waals surface area contributed by atoms with Gasteiger partial charge in [0.25, 0.3) is 0 Å². The van der Waals surface area contributed by atoms with Crippen molar-refractivity contribution in [1.82, 2.24) is 4.90 Å². The standard InChI is InChI=1S/C16H21NO4/c1-19-14-5-16-15(20-9-21-16)4-12(14)8-17-6-10-2-13(18)3-11(10)7-17/h4-5,10-11,13,18H,2-3,6-9H2,1H3/t10-,11+,13?. The number of aliphatic hydroxyl groups is 1. The maximum atomic E-state index is 9.73. The van der Waals surface area contributed by atoms with Crippen molar-refractivity contribution >= 4 is 0 Å². The first kappa shape index (κ1) is 13.2. The summed E-state index contributed by atoms with van der Waals surface area (Å²) in [6, 6.07) is 3.95. The lowest BCUT2D eigenvalue weighted by Gasteiger charge is -2.19. The minimum atomic E-state index is -0.0813. The fraction of sp³-hybridized carbons (Fsp3) is 0.625. The van der Waals surface area contributed by atoms with Crippen molar-refractivity contribution in [1.29, 1.82) is 0 Å². The van der Waals surface area contributed by atoms with Gasteiger partial charge in [-0.3, -0.25) is 4.90 Å². The third-order valence-corrected chi connectivity index (χ3v) is 4.97. The third kappa shape index (κ3) is 2.34. The van der Waals surface area contributed by atoms with Crippen molar-refractivity contribution in [2.45, 2.75) is 25.5 Å². The summed E-state index contributed by atoms with van der Waals surface area (Å²) in [7, 11) is 1.69. The Morgan fingerprint density at radius 1 is 1.19 bits per heavy atom. The predicted molar refractivity (Wildman–Crippen MR) is 76.6 cm³/mol. The molecule has 0 spiro atoms. The number of rotatable bonds is 3. The Morgan fingerprint density at radius 2 is 1.86 bits per heavy atom. The van der Waals surface area contributed by atoms with Crippen LogP contribution in [0.3, 0.4) is 0 Å². The van der Waals surface area contributed by atoms with E-state index in [2.05, 4.69) is 4.90 Å². The van der Waals surface area contributed by atoms with Crippen molar-refractivity contribution < 1.29 is 19.3 Å². The number of benzene rings is 1. The summed E-state index contributed by atoms with van der Waals surface area (Å²) in [5, 5.41) is 9.73. The van der Waals surface area contributed by atoms with Gasteiger partial charge in [0.15, 0.2) is 11.5 Å². The molecule has 2 fully saturated rings. The highest BCUT2D eigenvalue weighted by molar-refractivity contribution is 5.51. The number of hydrogen-bond donors (Lipinski definition) is 1. The Balaban J connectivity index is 1.50. The van der Waals surface area contributed by atoms with Gasteiger partial charge >= 0.3 is 0 Å². The second-order valence-electron chi connectivity index (χ2n) is 6.36. The van der Waals surface area contributed by atoms with E-state index in [1.54, 1.807) is 7.11 Å². The second-order valence-corrected chi connectivity index (χ2v) is 6.36. The molecule has 1 aromatic rings. The lowest BCUT2D eigenvalue weighted by molar-refractivity contribution is 0.161. The van der Waals surface area contributed by atoms with Crippen LogP contribution in [0.1, 0.15) is 18.4 Å². The van der Waals surface area contributed by atoms with Crippen LogP contribution in [0.4, 0.5) is 0 Å². The molecule has 1 saturated heterocycles. The van der Waals surface area contributed by atoms with Gasteiger partial charge in [-0.2, -0.15) is 0 Å². The first-order valence-corrected chi connectivity index (χ1v) is 7.60. The minimum Gasteiger partial charge on any atom is -0.496 e. The van der Waals surface area contributed by atoms with Gasteiger partial charge in [-0.05, 0) is 30.7 Å². The number of nitrogens with zero attached hydrogens (tertiary/aromatic N) is 1. The second kappa shape index (κ2) is 5.07. The summed E-state index contributed by atoms with van der Waals surface area (Å²) in [5.74, 6) is 3.73. The fourth-order valence-electron chi connectivity index (χ4n) is 4.01. The number of hydrogen-bond acceptors (Lipinski definition) is 5. The average molecular weight is 291 g/mol. The number of ether oxygens (including phenoxy) is 3. The lowest BCUT2D eigenvalue weighted by atomic mass is 10.0. The number of methoxy groups -OCH3 is 1. The van der Waals surface area contributed by atoms with Crippen LogP contribution in [-0.4, -0.2) is 43.1 Å². The zero-order chi connectivity index (χ0) is 14.4. The van der Waals surface area contributed by atoms with E-state index in [4.69, 9.17) is 14.2 Å². The van der Waals surface area contributed by atoms with E-state index >= 15 is 0 Å². The van der Waals surface area contributed by atoms with E-state index in [-0.39, 0.29) is 12.9 Å². The Hall–Kier alpha value is -1.46. The van der Waals surface area contributed by atoms with Crippen LogP contribution in [0.5, 0.6) is 17.2 Å². The highest BCUT2D eigenvalue weighted by Crippen LogP contribution is 2.41. The topological polar surface area (TPSA) is 51.2 Å². The molecule has 2 aliphatic heterocycles. The summed E-state index contributed by atoms with van der Waals surface area (Å²) in [5.41, 5.74) is 1.14. The van der Waals surface area contributed by atoms with Crippen molar-refractivity contribution in [2.75, 3.05) is 27.0 Å². The summed E-state index contributed by atoms with van der Waals surface area (Å²) in [4.78, 5) is 2.46. The molecular weight excluding hydrogens is 270 g/mol. The molecule has 2 heterocycles. The van der Waals surface area contributed by atoms with E-state index in [0.29, 0.717) is 11.8 Å². The Morgan fingerprint density at radius 3 is 2.52 bits per heavy atom. The van der Waals surface area contributed by atoms with Crippen molar-refractivity contribution in [3.8, 4) is 17.2 Å². The number of fused-ring (bicyclic) bond motifs is 2. The van der Waals surface area contributed by atoms with Crippen LogP contribution in [0.25, 0.3) is 0 Å². The highest BCUT2D eigenvalue weighted by atomic mass is 16.7. The van der Waals surface area contributed by atoms with Crippen molar-refractivity contribution in [2.24, 2.45) is 11.8 Å². The molecule has 1 unspecified atom stereocenters. The molecule has 5 heteroatoms. The van der Waals surface area contributed by atoms with Gasteiger partial charge in [-0.25, -0.2) is 0 Å². The normalized spacial score (nSPS) is 30.7. The van der Waals surface area contributed by atoms with Gasteiger partial charge in [-0.1, -0.05) is 0 Å². The minimum absolute atomic E-state index is 0.0813. The van der Waals surface area contributed by atoms with Gasteiger partial charge in [0, 0.05) is 31.3 Å². The zero-order valence-corrected chi connectivity index (χ0v) is 12.2. The van der Waals surface area contributed by atoms with E-state index in [1.165, 1.54) is 0 Å². The predicted octanol–water partition coefficient (Wildman–Crippen LogP) is 1.63. The molecule has 114 valence electrons. The van der Waals surface area contributed by atoms with Gasteiger partial charge in [0.1, 0.15) is 5.75 Å². The molecule has 1 saturated carbocycles. The molecule has 0 aromatic heterocycles. The van der Waals surface area contributed by atoms with E-state index in [1.807, 2.05) is 12.1 Å². The molecule has 4 rings (SSSR count). The molecular formula is C16H21NO4. The molecule has 1 aromatic carbocycles. The zero-order valence-electron chi connectivity index (χ0n) is 12.2. The fourth-order valence-corrected chi connectivity index (χ4v) is 4.01. The van der Waals surface area contributed by atoms with Crippen molar-refractivity contribution in [3.63, 3.8) is 0 Å². The molecule has 0 amide bonds. The Kier molecular flexibility index (Phi) is 3.19. The Bertz CT molecular complexity index is 533. The number of likely N-dealkylation sites (tertiary alicyclic amines) is 1. The molecule has 0 radical (unpaired) electrons. The summed E-state index contributed by atoms with van der Waals surface area (Å²) >= 11 is 0. The first-order valence-electron chi connectivity index (χ1n) is 7.60. The van der Waals surface area contributed by atoms with Crippen LogP contribution in [0.2, 0.25) is 0 Å². The van der Waals surface area contributed by atoms with Crippen LogP contribution in [-0.2, 0) is 6.54 Å². The first-order chi connectivity index (χ1) is 10.2. The monoisotopic (exact) mass is 291 g/mol. The average Bonchev–Trinajstić information content (AvgIpc) is 3.11. The third-order valence-electron chi connectivity index (χ3n) is 4.97. The quantitative estimate of drug-likeness (QED) is 0.917. The van der Waals surface area contributed by atoms with Crippen LogP contribution < -0.4 is 14.2 Å². The van der Waals surface area contributed by atoms with Gasteiger partial charge in [0.05, 0.1) is 13.2 Å². The van der Waals surface area contributed by atoms with E-state index in [9.17, 15) is 5.11 Å². The lowest BCUT2D eigenvalue weighted by Crippen LogP contribution is -2.23. The molecule has 1 aliphatic carbocycles. The molecule has 3 atom stereocenters. The van der Waals surface area contributed by atoms with Gasteiger partial charge in [-0.15, -0.1) is 0 Å². The Labute approximate surface area is 124 Å². The van der Waals surface area contributed by atoms with Crippen LogP contribution in [0.15, 0.2) is 12.1 Å². The van der Waals surface area contributed by atoms with Gasteiger partial charge < -0.3 is 19.3 Å². The smallest absolute Gasteiger partial charge is 0.231 e. The summed E-state index contributed by atoms with van der Waals surface area (Å²) in [6.45, 7) is 3.29.